The number of carbonyl (C=O) groups excluding carboxylic acids is 2. The summed E-state index contributed by atoms with van der Waals surface area (Å²) in [7, 11) is 1.49. The molecule has 3 aliphatic heterocycles. The number of ether oxygens (including phenoxy) is 1. The molecule has 1 N–H and O–H groups in total. The zero-order valence-corrected chi connectivity index (χ0v) is 14.8. The van der Waals surface area contributed by atoms with Gasteiger partial charge >= 0.3 is 5.97 Å². The summed E-state index contributed by atoms with van der Waals surface area (Å²) >= 11 is 0. The monoisotopic (exact) mass is 350 g/mol. The predicted molar refractivity (Wildman–Crippen MR) is 95.5 cm³/mol. The van der Waals surface area contributed by atoms with Crippen LogP contribution in [0.25, 0.3) is 0 Å². The number of nitrogens with one attached hydrogen (secondary N) is 1. The standard InChI is InChI=1S/C21H22N2O3/c1-26-17(25)14-12-19-7-6-16(24)23-11-10-20(18(19)23)13-4-2-3-5-15(13)22-21(14,20)9-8-19/h2-7,14,18,22H,8-12H2,1H3/t14-,18+,19-,20-,21-/m1/s1. The van der Waals surface area contributed by atoms with Gasteiger partial charge < -0.3 is 15.0 Å². The first-order chi connectivity index (χ1) is 12.6. The normalized spacial score (nSPS) is 43.6. The smallest absolute Gasteiger partial charge is 0.311 e. The SMILES string of the molecule is COC(=O)[C@H]1C[C@@]23C=CC(=O)N4CC[C@@]5(c6ccccc6N[C@]15CC2)[C@@H]43. The zero-order valence-electron chi connectivity index (χ0n) is 14.8. The number of esters is 1. The molecule has 1 amide bonds. The molecular formula is C21H22N2O3. The molecular weight excluding hydrogens is 328 g/mol. The van der Waals surface area contributed by atoms with Crippen molar-refractivity contribution in [3.05, 3.63) is 42.0 Å². The highest BCUT2D eigenvalue weighted by molar-refractivity contribution is 5.91. The topological polar surface area (TPSA) is 58.6 Å². The van der Waals surface area contributed by atoms with Crippen LogP contribution in [0.15, 0.2) is 36.4 Å². The molecule has 26 heavy (non-hydrogen) atoms. The molecule has 6 aliphatic rings. The van der Waals surface area contributed by atoms with E-state index in [2.05, 4.69) is 34.5 Å². The molecule has 3 spiro atoms. The fourth-order valence-electron chi connectivity index (χ4n) is 7.38. The average Bonchev–Trinajstić information content (AvgIpc) is 3.23. The second-order valence-corrected chi connectivity index (χ2v) is 8.64. The number of rotatable bonds is 1. The zero-order chi connectivity index (χ0) is 17.7. The Morgan fingerprint density at radius 1 is 1.27 bits per heavy atom. The molecule has 5 nitrogen and oxygen atoms in total. The van der Waals surface area contributed by atoms with Crippen molar-refractivity contribution in [2.45, 2.75) is 42.7 Å². The summed E-state index contributed by atoms with van der Waals surface area (Å²) in [4.78, 5) is 27.6. The van der Waals surface area contributed by atoms with Gasteiger partial charge in [-0.1, -0.05) is 24.3 Å². The summed E-state index contributed by atoms with van der Waals surface area (Å²) in [6.45, 7) is 0.765. The van der Waals surface area contributed by atoms with Crippen LogP contribution in [0.5, 0.6) is 0 Å². The average molecular weight is 350 g/mol. The van der Waals surface area contributed by atoms with Crippen molar-refractivity contribution < 1.29 is 14.3 Å². The van der Waals surface area contributed by atoms with Crippen LogP contribution in [-0.4, -0.2) is 42.0 Å². The number of hydrogen-bond donors (Lipinski definition) is 1. The van der Waals surface area contributed by atoms with Gasteiger partial charge in [0.1, 0.15) is 0 Å². The number of nitrogens with zero attached hydrogens (tertiary/aromatic N) is 1. The largest absolute Gasteiger partial charge is 0.469 e. The number of para-hydroxylation sites is 1. The molecule has 0 radical (unpaired) electrons. The first kappa shape index (κ1) is 14.8. The fourth-order valence-corrected chi connectivity index (χ4v) is 7.38. The Morgan fingerprint density at radius 3 is 2.96 bits per heavy atom. The quantitative estimate of drug-likeness (QED) is 0.789. The lowest BCUT2D eigenvalue weighted by atomic mass is 9.40. The van der Waals surface area contributed by atoms with Crippen LogP contribution >= 0.6 is 0 Å². The maximum absolute atomic E-state index is 12.9. The van der Waals surface area contributed by atoms with E-state index in [0.717, 1.165) is 37.9 Å². The molecule has 3 aliphatic carbocycles. The molecule has 2 bridgehead atoms. The van der Waals surface area contributed by atoms with Crippen LogP contribution in [0.1, 0.15) is 31.2 Å². The maximum Gasteiger partial charge on any atom is 0.311 e. The van der Waals surface area contributed by atoms with Crippen LogP contribution in [0.2, 0.25) is 0 Å². The lowest BCUT2D eigenvalue weighted by molar-refractivity contribution is -0.164. The Kier molecular flexibility index (Phi) is 2.47. The summed E-state index contributed by atoms with van der Waals surface area (Å²) in [6, 6.07) is 8.59. The van der Waals surface area contributed by atoms with Crippen molar-refractivity contribution in [3.63, 3.8) is 0 Å². The first-order valence-electron chi connectivity index (χ1n) is 9.53. The molecule has 5 heteroatoms. The van der Waals surface area contributed by atoms with Gasteiger partial charge in [-0.05, 0) is 43.4 Å². The van der Waals surface area contributed by atoms with Crippen molar-refractivity contribution in [3.8, 4) is 0 Å². The van der Waals surface area contributed by atoms with Crippen molar-refractivity contribution in [1.29, 1.82) is 0 Å². The molecule has 3 saturated carbocycles. The Morgan fingerprint density at radius 2 is 2.12 bits per heavy atom. The van der Waals surface area contributed by atoms with E-state index in [1.54, 1.807) is 6.08 Å². The van der Waals surface area contributed by atoms with E-state index < -0.39 is 0 Å². The van der Waals surface area contributed by atoms with Gasteiger partial charge in [-0.15, -0.1) is 0 Å². The van der Waals surface area contributed by atoms with E-state index in [4.69, 9.17) is 4.74 Å². The van der Waals surface area contributed by atoms with E-state index in [-0.39, 0.29) is 40.2 Å². The summed E-state index contributed by atoms with van der Waals surface area (Å²) in [5, 5.41) is 3.80. The van der Waals surface area contributed by atoms with Gasteiger partial charge in [0.15, 0.2) is 0 Å². The Labute approximate surface area is 152 Å². The summed E-state index contributed by atoms with van der Waals surface area (Å²) in [5.41, 5.74) is 1.73. The highest BCUT2D eigenvalue weighted by Crippen LogP contribution is 2.73. The van der Waals surface area contributed by atoms with Gasteiger partial charge in [0, 0.05) is 23.1 Å². The molecule has 1 saturated heterocycles. The number of hydrogen-bond acceptors (Lipinski definition) is 4. The minimum absolute atomic E-state index is 0.119. The van der Waals surface area contributed by atoms with Crippen molar-refractivity contribution >= 4 is 17.6 Å². The third kappa shape index (κ3) is 1.30. The van der Waals surface area contributed by atoms with E-state index in [1.165, 1.54) is 12.7 Å². The summed E-state index contributed by atoms with van der Waals surface area (Å²) in [6.07, 6.45) is 7.48. The predicted octanol–water partition coefficient (Wildman–Crippen LogP) is 2.23. The van der Waals surface area contributed by atoms with Crippen LogP contribution in [-0.2, 0) is 19.7 Å². The maximum atomic E-state index is 12.9. The molecule has 1 aromatic rings. The minimum Gasteiger partial charge on any atom is -0.469 e. The Hall–Kier alpha value is -2.30. The number of fused-ring (bicyclic) bond motifs is 3. The van der Waals surface area contributed by atoms with Crippen molar-refractivity contribution in [2.24, 2.45) is 11.3 Å². The molecule has 0 unspecified atom stereocenters. The van der Waals surface area contributed by atoms with Gasteiger partial charge in [0.05, 0.1) is 24.6 Å². The van der Waals surface area contributed by atoms with E-state index in [9.17, 15) is 9.59 Å². The summed E-state index contributed by atoms with van der Waals surface area (Å²) in [5.74, 6) is -0.187. The Bertz CT molecular complexity index is 895. The lowest BCUT2D eigenvalue weighted by Crippen LogP contribution is -2.76. The summed E-state index contributed by atoms with van der Waals surface area (Å²) < 4.78 is 5.26. The highest BCUT2D eigenvalue weighted by atomic mass is 16.5. The van der Waals surface area contributed by atoms with Crippen LogP contribution in [0.4, 0.5) is 5.69 Å². The molecule has 3 heterocycles. The van der Waals surface area contributed by atoms with Gasteiger partial charge in [-0.2, -0.15) is 0 Å². The molecule has 7 rings (SSSR count). The Balaban J connectivity index is 1.68. The van der Waals surface area contributed by atoms with Gasteiger partial charge in [0.2, 0.25) is 5.91 Å². The number of carbonyl (C=O) groups is 2. The number of methoxy groups -OCH3 is 1. The second-order valence-electron chi connectivity index (χ2n) is 8.64. The van der Waals surface area contributed by atoms with Crippen LogP contribution in [0.3, 0.4) is 0 Å². The first-order valence-corrected chi connectivity index (χ1v) is 9.53. The number of amides is 1. The minimum atomic E-state index is -0.351. The molecule has 0 aromatic heterocycles. The third-order valence-electron chi connectivity index (χ3n) is 8.12. The van der Waals surface area contributed by atoms with E-state index in [1.807, 2.05) is 6.07 Å². The van der Waals surface area contributed by atoms with Crippen LogP contribution < -0.4 is 5.32 Å². The lowest BCUT2D eigenvalue weighted by Gasteiger charge is -2.67. The van der Waals surface area contributed by atoms with Crippen LogP contribution in [0, 0.1) is 11.3 Å². The van der Waals surface area contributed by atoms with Gasteiger partial charge in [0.25, 0.3) is 0 Å². The highest BCUT2D eigenvalue weighted by Gasteiger charge is 2.79. The molecule has 5 atom stereocenters. The second kappa shape index (κ2) is 4.33. The van der Waals surface area contributed by atoms with Gasteiger partial charge in [-0.3, -0.25) is 9.59 Å². The number of anilines is 1. The fraction of sp³-hybridized carbons (Fsp3) is 0.524. The number of benzene rings is 1. The molecule has 4 fully saturated rings. The third-order valence-corrected chi connectivity index (χ3v) is 8.12. The van der Waals surface area contributed by atoms with Crippen molar-refractivity contribution in [1.82, 2.24) is 4.90 Å². The van der Waals surface area contributed by atoms with E-state index in [0.29, 0.717) is 0 Å². The van der Waals surface area contributed by atoms with E-state index >= 15 is 0 Å². The molecule has 1 aromatic carbocycles. The van der Waals surface area contributed by atoms with Gasteiger partial charge in [-0.25, -0.2) is 0 Å². The molecule has 134 valence electrons. The van der Waals surface area contributed by atoms with Crippen molar-refractivity contribution in [2.75, 3.05) is 19.0 Å².